The first-order valence-electron chi connectivity index (χ1n) is 4.50. The molecule has 1 unspecified atom stereocenters. The van der Waals surface area contributed by atoms with Crippen molar-refractivity contribution in [1.29, 1.82) is 0 Å². The van der Waals surface area contributed by atoms with Crippen molar-refractivity contribution in [3.05, 3.63) is 32.3 Å². The summed E-state index contributed by atoms with van der Waals surface area (Å²) in [6, 6.07) is 2.06. The highest BCUT2D eigenvalue weighted by Crippen LogP contribution is 2.36. The van der Waals surface area contributed by atoms with Gasteiger partial charge in [0.1, 0.15) is 0 Å². The Morgan fingerprint density at radius 3 is 2.69 bits per heavy atom. The molecule has 0 heterocycles. The fraction of sp³-hybridized carbons (Fsp3) is 0.333. The van der Waals surface area contributed by atoms with Crippen LogP contribution in [0.4, 0.5) is 5.69 Å². The summed E-state index contributed by atoms with van der Waals surface area (Å²) < 4.78 is 0.459. The summed E-state index contributed by atoms with van der Waals surface area (Å²) in [7, 11) is 0. The van der Waals surface area contributed by atoms with E-state index in [4.69, 9.17) is 10.8 Å². The highest BCUT2D eigenvalue weighted by Gasteiger charge is 2.21. The number of phenols is 1. The van der Waals surface area contributed by atoms with Gasteiger partial charge in [0.05, 0.1) is 4.92 Å². The number of phenolic OH excluding ortho intramolecular Hbond substituents is 1. The van der Waals surface area contributed by atoms with Crippen molar-refractivity contribution in [2.45, 2.75) is 12.5 Å². The molecule has 0 aliphatic carbocycles. The summed E-state index contributed by atoms with van der Waals surface area (Å²) in [5.41, 5.74) is 5.52. The SMILES string of the molecule is NC(CCO)c1cc(Br)cc([N+](=O)[O-])c1O. The van der Waals surface area contributed by atoms with Gasteiger partial charge in [-0.2, -0.15) is 0 Å². The summed E-state index contributed by atoms with van der Waals surface area (Å²) in [6.45, 7) is -0.152. The Bertz CT molecular complexity index is 411. The molecule has 0 aromatic heterocycles. The normalized spacial score (nSPS) is 12.4. The zero-order valence-corrected chi connectivity index (χ0v) is 9.85. The van der Waals surface area contributed by atoms with E-state index < -0.39 is 22.4 Å². The molecule has 1 atom stereocenters. The molecule has 0 amide bonds. The molecule has 1 aromatic rings. The maximum Gasteiger partial charge on any atom is 0.312 e. The topological polar surface area (TPSA) is 110 Å². The second-order valence-corrected chi connectivity index (χ2v) is 4.15. The number of aliphatic hydroxyl groups is 1. The van der Waals surface area contributed by atoms with Gasteiger partial charge < -0.3 is 15.9 Å². The molecule has 0 aliphatic heterocycles. The minimum absolute atomic E-state index is 0.152. The minimum atomic E-state index is -0.685. The molecule has 0 radical (unpaired) electrons. The first-order chi connectivity index (χ1) is 7.47. The molecule has 0 spiro atoms. The highest BCUT2D eigenvalue weighted by molar-refractivity contribution is 9.10. The molecule has 88 valence electrons. The fourth-order valence-corrected chi connectivity index (χ4v) is 1.79. The van der Waals surface area contributed by atoms with Crippen molar-refractivity contribution in [3.8, 4) is 5.75 Å². The first kappa shape index (κ1) is 12.9. The van der Waals surface area contributed by atoms with E-state index in [1.165, 1.54) is 12.1 Å². The van der Waals surface area contributed by atoms with Crippen molar-refractivity contribution < 1.29 is 15.1 Å². The fourth-order valence-electron chi connectivity index (χ4n) is 1.32. The predicted molar refractivity (Wildman–Crippen MR) is 61.1 cm³/mol. The highest BCUT2D eigenvalue weighted by atomic mass is 79.9. The van der Waals surface area contributed by atoms with Gasteiger partial charge in [-0.25, -0.2) is 0 Å². The van der Waals surface area contributed by atoms with Gasteiger partial charge >= 0.3 is 5.69 Å². The number of hydrogen-bond acceptors (Lipinski definition) is 5. The number of hydrogen-bond donors (Lipinski definition) is 3. The molecule has 6 nitrogen and oxygen atoms in total. The number of nitro groups is 1. The van der Waals surface area contributed by atoms with Crippen molar-refractivity contribution in [2.24, 2.45) is 5.73 Å². The third-order valence-corrected chi connectivity index (χ3v) is 2.58. The minimum Gasteiger partial charge on any atom is -0.502 e. The molecular formula is C9H11BrN2O4. The van der Waals surface area contributed by atoms with Gasteiger partial charge in [0.2, 0.25) is 0 Å². The number of rotatable bonds is 4. The van der Waals surface area contributed by atoms with E-state index in [-0.39, 0.29) is 18.6 Å². The lowest BCUT2D eigenvalue weighted by atomic mass is 10.0. The lowest BCUT2D eigenvalue weighted by molar-refractivity contribution is -0.386. The van der Waals surface area contributed by atoms with Crippen LogP contribution in [0.3, 0.4) is 0 Å². The van der Waals surface area contributed by atoms with Gasteiger partial charge in [-0.3, -0.25) is 10.1 Å². The van der Waals surface area contributed by atoms with E-state index in [2.05, 4.69) is 15.9 Å². The lowest BCUT2D eigenvalue weighted by Gasteiger charge is -2.12. The van der Waals surface area contributed by atoms with E-state index in [1.807, 2.05) is 0 Å². The molecule has 0 aliphatic rings. The molecular weight excluding hydrogens is 280 g/mol. The molecule has 0 fully saturated rings. The number of aliphatic hydroxyl groups excluding tert-OH is 1. The molecule has 16 heavy (non-hydrogen) atoms. The molecule has 1 aromatic carbocycles. The summed E-state index contributed by atoms with van der Waals surface area (Å²) in [4.78, 5) is 9.96. The zero-order chi connectivity index (χ0) is 12.3. The maximum absolute atomic E-state index is 10.6. The lowest BCUT2D eigenvalue weighted by Crippen LogP contribution is -2.12. The van der Waals surface area contributed by atoms with E-state index >= 15 is 0 Å². The van der Waals surface area contributed by atoms with Gasteiger partial charge in [0.25, 0.3) is 0 Å². The Balaban J connectivity index is 3.23. The van der Waals surface area contributed by atoms with Crippen molar-refractivity contribution in [1.82, 2.24) is 0 Å². The van der Waals surface area contributed by atoms with Crippen LogP contribution >= 0.6 is 15.9 Å². The van der Waals surface area contributed by atoms with Crippen LogP contribution in [0.15, 0.2) is 16.6 Å². The van der Waals surface area contributed by atoms with E-state index in [1.54, 1.807) is 0 Å². The third kappa shape index (κ3) is 2.69. The number of halogens is 1. The Morgan fingerprint density at radius 2 is 2.19 bits per heavy atom. The van der Waals surface area contributed by atoms with Crippen LogP contribution in [0.25, 0.3) is 0 Å². The Morgan fingerprint density at radius 1 is 1.56 bits per heavy atom. The smallest absolute Gasteiger partial charge is 0.312 e. The summed E-state index contributed by atoms with van der Waals surface area (Å²) in [5.74, 6) is -0.450. The van der Waals surface area contributed by atoms with E-state index in [0.29, 0.717) is 4.47 Å². The summed E-state index contributed by atoms with van der Waals surface area (Å²) in [6.07, 6.45) is 0.223. The number of nitrogens with two attached hydrogens (primary N) is 1. The first-order valence-corrected chi connectivity index (χ1v) is 5.30. The predicted octanol–water partition coefficient (Wildman–Crippen LogP) is 1.45. The average Bonchev–Trinajstić information content (AvgIpc) is 2.20. The standard InChI is InChI=1S/C9H11BrN2O4/c10-5-3-6(7(11)1-2-13)9(14)8(4-5)12(15)16/h3-4,7,13-14H,1-2,11H2. The van der Waals surface area contributed by atoms with E-state index in [9.17, 15) is 15.2 Å². The number of aromatic hydroxyl groups is 1. The summed E-state index contributed by atoms with van der Waals surface area (Å²) >= 11 is 3.10. The second-order valence-electron chi connectivity index (χ2n) is 3.24. The molecule has 0 bridgehead atoms. The third-order valence-electron chi connectivity index (χ3n) is 2.12. The van der Waals surface area contributed by atoms with Crippen LogP contribution < -0.4 is 5.73 Å². The molecule has 4 N–H and O–H groups in total. The van der Waals surface area contributed by atoms with Crippen LogP contribution in [0.1, 0.15) is 18.0 Å². The summed E-state index contributed by atoms with van der Waals surface area (Å²) in [5, 5.41) is 29.0. The monoisotopic (exact) mass is 290 g/mol. The van der Waals surface area contributed by atoms with Gasteiger partial charge in [-0.1, -0.05) is 15.9 Å². The van der Waals surface area contributed by atoms with Crippen molar-refractivity contribution in [3.63, 3.8) is 0 Å². The number of benzene rings is 1. The Hall–Kier alpha value is -1.18. The van der Waals surface area contributed by atoms with Gasteiger partial charge in [-0.05, 0) is 12.5 Å². The van der Waals surface area contributed by atoms with Crippen molar-refractivity contribution in [2.75, 3.05) is 6.61 Å². The van der Waals surface area contributed by atoms with Gasteiger partial charge in [0.15, 0.2) is 5.75 Å². The van der Waals surface area contributed by atoms with Gasteiger partial charge in [-0.15, -0.1) is 0 Å². The largest absolute Gasteiger partial charge is 0.502 e. The zero-order valence-electron chi connectivity index (χ0n) is 8.26. The molecule has 0 saturated heterocycles. The van der Waals surface area contributed by atoms with E-state index in [0.717, 1.165) is 0 Å². The molecule has 0 saturated carbocycles. The number of nitro benzene ring substituents is 1. The van der Waals surface area contributed by atoms with Crippen LogP contribution in [-0.2, 0) is 0 Å². The average molecular weight is 291 g/mol. The quantitative estimate of drug-likeness (QED) is 0.574. The van der Waals surface area contributed by atoms with Crippen LogP contribution in [0, 0.1) is 10.1 Å². The Labute approximate surface area is 100.0 Å². The molecule has 7 heteroatoms. The van der Waals surface area contributed by atoms with Crippen LogP contribution in [0.2, 0.25) is 0 Å². The van der Waals surface area contributed by atoms with Crippen LogP contribution in [0.5, 0.6) is 5.75 Å². The number of nitrogens with zero attached hydrogens (tertiary/aromatic N) is 1. The van der Waals surface area contributed by atoms with Crippen LogP contribution in [-0.4, -0.2) is 21.7 Å². The maximum atomic E-state index is 10.6. The molecule has 1 rings (SSSR count). The van der Waals surface area contributed by atoms with Gasteiger partial charge in [0, 0.05) is 28.8 Å². The second kappa shape index (κ2) is 5.24. The Kier molecular flexibility index (Phi) is 4.22. The van der Waals surface area contributed by atoms with Crippen molar-refractivity contribution >= 4 is 21.6 Å².